The van der Waals surface area contributed by atoms with Gasteiger partial charge in [0, 0.05) is 0 Å². The van der Waals surface area contributed by atoms with E-state index in [-0.39, 0.29) is 13.0 Å². The molecule has 1 aliphatic rings. The third-order valence-corrected chi connectivity index (χ3v) is 5.84. The Hall–Kier alpha value is -2.71. The summed E-state index contributed by atoms with van der Waals surface area (Å²) in [5.74, 6) is -0.443. The Bertz CT molecular complexity index is 853. The van der Waals surface area contributed by atoms with Gasteiger partial charge in [-0.3, -0.25) is 19.0 Å². The number of nitrogens with one attached hydrogen (secondary N) is 1. The zero-order valence-electron chi connectivity index (χ0n) is 14.0. The molecule has 136 valence electrons. The number of benzene rings is 2. The van der Waals surface area contributed by atoms with Crippen LogP contribution >= 0.6 is 0 Å². The molecule has 3 rings (SSSR count). The molecule has 2 atom stereocenters. The standard InChI is InChI=1S/C18H18N2O5S/c1-25-13-8-6-12(7-9-13)10-16-18(22)20(11-17(21)19-23)14-4-2-3-5-15(14)26(16)24/h2-9,16,23H,10-11H2,1H3,(H,19,21). The van der Waals surface area contributed by atoms with Gasteiger partial charge in [0.05, 0.1) is 28.5 Å². The fraction of sp³-hybridized carbons (Fsp3) is 0.222. The van der Waals surface area contributed by atoms with Gasteiger partial charge in [-0.2, -0.15) is 0 Å². The molecule has 7 nitrogen and oxygen atoms in total. The highest BCUT2D eigenvalue weighted by Crippen LogP contribution is 2.33. The molecule has 0 spiro atoms. The Morgan fingerprint density at radius 3 is 2.58 bits per heavy atom. The number of methoxy groups -OCH3 is 1. The zero-order chi connectivity index (χ0) is 18.7. The van der Waals surface area contributed by atoms with Crippen LogP contribution in [0.25, 0.3) is 0 Å². The number of nitrogens with zero attached hydrogens (tertiary/aromatic N) is 1. The van der Waals surface area contributed by atoms with Crippen LogP contribution in [0, 0.1) is 0 Å². The first-order valence-electron chi connectivity index (χ1n) is 7.92. The molecular formula is C18H18N2O5S. The first-order chi connectivity index (χ1) is 12.5. The van der Waals surface area contributed by atoms with Crippen molar-refractivity contribution in [2.24, 2.45) is 0 Å². The average Bonchev–Trinajstić information content (AvgIpc) is 2.68. The number of rotatable bonds is 5. The lowest BCUT2D eigenvalue weighted by molar-refractivity contribution is -0.129. The molecule has 0 saturated heterocycles. The molecule has 0 fully saturated rings. The topological polar surface area (TPSA) is 95.9 Å². The van der Waals surface area contributed by atoms with Crippen LogP contribution in [0.4, 0.5) is 5.69 Å². The monoisotopic (exact) mass is 374 g/mol. The number of hydrogen-bond donors (Lipinski definition) is 2. The largest absolute Gasteiger partial charge is 0.497 e. The number of para-hydroxylation sites is 1. The van der Waals surface area contributed by atoms with Gasteiger partial charge in [-0.05, 0) is 36.2 Å². The molecule has 0 bridgehead atoms. The highest BCUT2D eigenvalue weighted by atomic mass is 32.2. The van der Waals surface area contributed by atoms with Gasteiger partial charge >= 0.3 is 0 Å². The molecule has 2 aromatic carbocycles. The van der Waals surface area contributed by atoms with E-state index >= 15 is 0 Å². The highest BCUT2D eigenvalue weighted by Gasteiger charge is 2.39. The number of amides is 2. The normalized spacial score (nSPS) is 19.0. The number of anilines is 1. The van der Waals surface area contributed by atoms with Crippen LogP contribution in [-0.2, 0) is 26.8 Å². The predicted octanol–water partition coefficient (Wildman–Crippen LogP) is 1.27. The van der Waals surface area contributed by atoms with E-state index in [2.05, 4.69) is 0 Å². The fourth-order valence-electron chi connectivity index (χ4n) is 2.87. The summed E-state index contributed by atoms with van der Waals surface area (Å²) in [5, 5.41) is 7.98. The van der Waals surface area contributed by atoms with Crippen LogP contribution in [0.3, 0.4) is 0 Å². The van der Waals surface area contributed by atoms with E-state index in [1.807, 2.05) is 12.1 Å². The molecule has 2 N–H and O–H groups in total. The lowest BCUT2D eigenvalue weighted by Crippen LogP contribution is -2.50. The van der Waals surface area contributed by atoms with Gasteiger partial charge in [-0.25, -0.2) is 5.48 Å². The van der Waals surface area contributed by atoms with E-state index in [9.17, 15) is 13.8 Å². The van der Waals surface area contributed by atoms with Gasteiger partial charge in [0.15, 0.2) is 0 Å². The maximum atomic E-state index is 12.9. The minimum Gasteiger partial charge on any atom is -0.497 e. The number of carbonyl (C=O) groups excluding carboxylic acids is 2. The Kier molecular flexibility index (Phi) is 5.34. The molecule has 1 aliphatic heterocycles. The van der Waals surface area contributed by atoms with E-state index in [4.69, 9.17) is 9.94 Å². The molecule has 2 aromatic rings. The molecule has 0 saturated carbocycles. The maximum Gasteiger partial charge on any atom is 0.263 e. The van der Waals surface area contributed by atoms with Crippen molar-refractivity contribution in [1.29, 1.82) is 0 Å². The van der Waals surface area contributed by atoms with Crippen LogP contribution in [0.2, 0.25) is 0 Å². The molecule has 26 heavy (non-hydrogen) atoms. The van der Waals surface area contributed by atoms with Gasteiger partial charge in [-0.15, -0.1) is 0 Å². The lowest BCUT2D eigenvalue weighted by atomic mass is 10.1. The number of ether oxygens (including phenoxy) is 1. The molecule has 0 aliphatic carbocycles. The molecule has 8 heteroatoms. The third kappa shape index (κ3) is 3.47. The number of hydroxylamine groups is 1. The van der Waals surface area contributed by atoms with Crippen molar-refractivity contribution in [3.8, 4) is 5.75 Å². The first-order valence-corrected chi connectivity index (χ1v) is 9.13. The molecule has 2 unspecified atom stereocenters. The summed E-state index contributed by atoms with van der Waals surface area (Å²) in [7, 11) is 0.0204. The summed E-state index contributed by atoms with van der Waals surface area (Å²) in [6.07, 6.45) is 0.265. The van der Waals surface area contributed by atoms with Crippen molar-refractivity contribution in [2.45, 2.75) is 16.6 Å². The predicted molar refractivity (Wildman–Crippen MR) is 95.6 cm³/mol. The van der Waals surface area contributed by atoms with Crippen molar-refractivity contribution in [2.75, 3.05) is 18.6 Å². The average molecular weight is 374 g/mol. The van der Waals surface area contributed by atoms with Gasteiger partial charge in [0.25, 0.3) is 5.91 Å². The van der Waals surface area contributed by atoms with Crippen molar-refractivity contribution in [1.82, 2.24) is 5.48 Å². The maximum absolute atomic E-state index is 12.9. The Balaban J connectivity index is 1.93. The number of carbonyl (C=O) groups is 2. The Morgan fingerprint density at radius 2 is 1.92 bits per heavy atom. The van der Waals surface area contributed by atoms with Crippen molar-refractivity contribution >= 4 is 28.3 Å². The van der Waals surface area contributed by atoms with E-state index in [0.717, 1.165) is 5.56 Å². The van der Waals surface area contributed by atoms with E-state index in [0.29, 0.717) is 16.3 Å². The summed E-state index contributed by atoms with van der Waals surface area (Å²) in [4.78, 5) is 26.3. The van der Waals surface area contributed by atoms with Crippen LogP contribution in [-0.4, -0.2) is 40.1 Å². The molecule has 1 heterocycles. The van der Waals surface area contributed by atoms with Crippen LogP contribution in [0.5, 0.6) is 5.75 Å². The smallest absolute Gasteiger partial charge is 0.263 e. The fourth-order valence-corrected chi connectivity index (χ4v) is 4.43. The van der Waals surface area contributed by atoms with E-state index in [1.165, 1.54) is 10.4 Å². The Labute approximate surface area is 153 Å². The lowest BCUT2D eigenvalue weighted by Gasteiger charge is -2.33. The number of hydrogen-bond acceptors (Lipinski definition) is 5. The summed E-state index contributed by atoms with van der Waals surface area (Å²) in [6.45, 7) is -0.345. The second-order valence-corrected chi connectivity index (χ2v) is 7.37. The molecule has 0 aromatic heterocycles. The van der Waals surface area contributed by atoms with Crippen molar-refractivity contribution in [3.63, 3.8) is 0 Å². The van der Waals surface area contributed by atoms with Crippen molar-refractivity contribution < 1.29 is 23.7 Å². The summed E-state index contributed by atoms with van der Waals surface area (Å²) >= 11 is 0. The molecular weight excluding hydrogens is 356 g/mol. The zero-order valence-corrected chi connectivity index (χ0v) is 14.9. The molecule has 0 radical (unpaired) electrons. The van der Waals surface area contributed by atoms with E-state index < -0.39 is 27.9 Å². The SMILES string of the molecule is COc1ccc(CC2C(=O)N(CC(=O)NO)c3ccccc3S2=O)cc1. The van der Waals surface area contributed by atoms with E-state index in [1.54, 1.807) is 43.5 Å². The second-order valence-electron chi connectivity index (χ2n) is 5.77. The number of fused-ring (bicyclic) bond motifs is 1. The van der Waals surface area contributed by atoms with Gasteiger partial charge in [-0.1, -0.05) is 24.3 Å². The van der Waals surface area contributed by atoms with Gasteiger partial charge < -0.3 is 9.64 Å². The van der Waals surface area contributed by atoms with Crippen LogP contribution < -0.4 is 15.1 Å². The summed E-state index contributed by atoms with van der Waals surface area (Å²) < 4.78 is 18.1. The molecule has 2 amide bonds. The van der Waals surface area contributed by atoms with Crippen LogP contribution in [0.1, 0.15) is 5.56 Å². The van der Waals surface area contributed by atoms with Gasteiger partial charge in [0.1, 0.15) is 17.5 Å². The Morgan fingerprint density at radius 1 is 1.23 bits per heavy atom. The minimum absolute atomic E-state index is 0.265. The highest BCUT2D eigenvalue weighted by molar-refractivity contribution is 7.86. The minimum atomic E-state index is -1.54. The summed E-state index contributed by atoms with van der Waals surface area (Å²) in [6, 6.07) is 13.9. The third-order valence-electron chi connectivity index (χ3n) is 4.18. The van der Waals surface area contributed by atoms with Gasteiger partial charge in [0.2, 0.25) is 5.91 Å². The van der Waals surface area contributed by atoms with Crippen LogP contribution in [0.15, 0.2) is 53.4 Å². The summed E-state index contributed by atoms with van der Waals surface area (Å²) in [5.41, 5.74) is 2.79. The van der Waals surface area contributed by atoms with Crippen molar-refractivity contribution in [3.05, 3.63) is 54.1 Å². The first kappa shape index (κ1) is 18.1. The second kappa shape index (κ2) is 7.67. The quantitative estimate of drug-likeness (QED) is 0.607.